The van der Waals surface area contributed by atoms with Crippen LogP contribution in [0.5, 0.6) is 17.2 Å². The highest BCUT2D eigenvalue weighted by molar-refractivity contribution is 9.11. The predicted octanol–water partition coefficient (Wildman–Crippen LogP) is 6.33. The predicted molar refractivity (Wildman–Crippen MR) is 133 cm³/mol. The van der Waals surface area contributed by atoms with Gasteiger partial charge in [0.1, 0.15) is 28.6 Å². The van der Waals surface area contributed by atoms with Gasteiger partial charge in [0.15, 0.2) is 0 Å². The minimum Gasteiger partial charge on any atom is -0.508 e. The number of allylic oxidation sites excluding steroid dienone is 1. The number of aromatic hydroxyl groups is 3. The lowest BCUT2D eigenvalue weighted by molar-refractivity contribution is -0.132. The van der Waals surface area contributed by atoms with Gasteiger partial charge in [-0.25, -0.2) is 4.79 Å². The molecule has 0 radical (unpaired) electrons. The molecule has 3 aromatic rings. The molecule has 3 aromatic carbocycles. The van der Waals surface area contributed by atoms with Gasteiger partial charge in [-0.1, -0.05) is 6.07 Å². The molecule has 0 saturated heterocycles. The van der Waals surface area contributed by atoms with Crippen LogP contribution in [0.1, 0.15) is 21.5 Å². The number of ether oxygens (including phenoxy) is 1. The summed E-state index contributed by atoms with van der Waals surface area (Å²) in [7, 11) is 0. The van der Waals surface area contributed by atoms with Gasteiger partial charge < -0.3 is 20.1 Å². The molecule has 0 saturated carbocycles. The van der Waals surface area contributed by atoms with Crippen molar-refractivity contribution in [1.82, 2.24) is 0 Å². The lowest BCUT2D eigenvalue weighted by atomic mass is 9.93. The first-order valence-electron chi connectivity index (χ1n) is 9.35. The Balaban J connectivity index is 1.95. The number of hydrogen-bond donors (Lipinski definition) is 3. The summed E-state index contributed by atoms with van der Waals surface area (Å²) >= 11 is 9.81. The SMILES string of the molecule is O=C1O/C(=C\c2ccc(O)c(Br)c2)C(c2cc(Br)c(O)c(Br)c2)=C1C(=O)c1ccc(O)cc1. The van der Waals surface area contributed by atoms with Crippen LogP contribution in [0.4, 0.5) is 0 Å². The monoisotopic (exact) mass is 634 g/mol. The number of carbonyl (C=O) groups excluding carboxylic acids is 2. The van der Waals surface area contributed by atoms with E-state index in [2.05, 4.69) is 47.8 Å². The topological polar surface area (TPSA) is 104 Å². The molecule has 0 spiro atoms. The Kier molecular flexibility index (Phi) is 6.47. The number of phenolic OH excluding ortho intramolecular Hbond substituents is 3. The van der Waals surface area contributed by atoms with E-state index in [1.165, 1.54) is 30.3 Å². The summed E-state index contributed by atoms with van der Waals surface area (Å²) in [5, 5.41) is 29.4. The number of ketones is 1. The van der Waals surface area contributed by atoms with Gasteiger partial charge in [-0.05, 0) is 114 Å². The summed E-state index contributed by atoms with van der Waals surface area (Å²) in [6, 6.07) is 13.4. The van der Waals surface area contributed by atoms with E-state index >= 15 is 0 Å². The average Bonchev–Trinajstić information content (AvgIpc) is 3.09. The van der Waals surface area contributed by atoms with Crippen molar-refractivity contribution in [2.45, 2.75) is 0 Å². The molecule has 0 aromatic heterocycles. The molecule has 1 aliphatic rings. The Morgan fingerprint density at radius 1 is 0.848 bits per heavy atom. The summed E-state index contributed by atoms with van der Waals surface area (Å²) < 4.78 is 6.64. The van der Waals surface area contributed by atoms with Gasteiger partial charge in [0.2, 0.25) is 5.78 Å². The molecule has 4 rings (SSSR count). The van der Waals surface area contributed by atoms with Crippen LogP contribution in [-0.4, -0.2) is 27.1 Å². The van der Waals surface area contributed by atoms with Crippen LogP contribution in [-0.2, 0) is 9.53 Å². The highest BCUT2D eigenvalue weighted by Crippen LogP contribution is 2.42. The Labute approximate surface area is 213 Å². The minimum atomic E-state index is -0.826. The Hall–Kier alpha value is -2.88. The molecule has 0 bridgehead atoms. The van der Waals surface area contributed by atoms with E-state index in [9.17, 15) is 24.9 Å². The molecule has 33 heavy (non-hydrogen) atoms. The third-order valence-electron chi connectivity index (χ3n) is 4.83. The van der Waals surface area contributed by atoms with E-state index in [1.807, 2.05) is 0 Å². The molecule has 0 unspecified atom stereocenters. The van der Waals surface area contributed by atoms with Crippen LogP contribution in [0.3, 0.4) is 0 Å². The van der Waals surface area contributed by atoms with Gasteiger partial charge in [-0.3, -0.25) is 4.79 Å². The van der Waals surface area contributed by atoms with Gasteiger partial charge in [0.25, 0.3) is 0 Å². The maximum Gasteiger partial charge on any atom is 0.348 e. The Morgan fingerprint density at radius 3 is 2.09 bits per heavy atom. The van der Waals surface area contributed by atoms with E-state index in [1.54, 1.807) is 30.3 Å². The van der Waals surface area contributed by atoms with E-state index in [-0.39, 0.29) is 39.7 Å². The summed E-state index contributed by atoms with van der Waals surface area (Å²) in [5.41, 5.74) is 1.31. The van der Waals surface area contributed by atoms with Crippen molar-refractivity contribution >= 4 is 71.2 Å². The van der Waals surface area contributed by atoms with Crippen LogP contribution in [0, 0.1) is 0 Å². The molecule has 0 aliphatic carbocycles. The lowest BCUT2D eigenvalue weighted by Crippen LogP contribution is -2.11. The van der Waals surface area contributed by atoms with Crippen molar-refractivity contribution < 1.29 is 29.6 Å². The van der Waals surface area contributed by atoms with Gasteiger partial charge >= 0.3 is 5.97 Å². The number of esters is 1. The maximum absolute atomic E-state index is 13.3. The number of benzene rings is 3. The normalized spacial score (nSPS) is 14.6. The maximum atomic E-state index is 13.3. The molecule has 0 atom stereocenters. The van der Waals surface area contributed by atoms with Crippen LogP contribution < -0.4 is 0 Å². The number of rotatable bonds is 4. The standard InChI is InChI=1S/C24H13Br3O6/c25-15-7-11(1-6-18(15)29)8-19-20(13-9-16(26)23(31)17(27)10-13)21(24(32)33-19)22(30)12-2-4-14(28)5-3-12/h1-10,28-29,31H/b19-8-. The van der Waals surface area contributed by atoms with Gasteiger partial charge in [0, 0.05) is 11.1 Å². The minimum absolute atomic E-state index is 0.0142. The summed E-state index contributed by atoms with van der Waals surface area (Å²) in [6.07, 6.45) is 1.57. The highest BCUT2D eigenvalue weighted by Gasteiger charge is 2.36. The molecular formula is C24H13Br3O6. The third kappa shape index (κ3) is 4.62. The zero-order valence-corrected chi connectivity index (χ0v) is 21.2. The van der Waals surface area contributed by atoms with E-state index in [0.717, 1.165) is 0 Å². The first kappa shape index (κ1) is 23.3. The molecule has 166 valence electrons. The molecule has 0 amide bonds. The zero-order valence-electron chi connectivity index (χ0n) is 16.5. The Morgan fingerprint density at radius 2 is 1.48 bits per heavy atom. The number of Topliss-reactive ketones (excluding diaryl/α,β-unsaturated/α-hetero) is 1. The highest BCUT2D eigenvalue weighted by atomic mass is 79.9. The fourth-order valence-corrected chi connectivity index (χ4v) is 4.84. The van der Waals surface area contributed by atoms with E-state index < -0.39 is 11.8 Å². The summed E-state index contributed by atoms with van der Waals surface area (Å²) in [4.78, 5) is 26.2. The van der Waals surface area contributed by atoms with Gasteiger partial charge in [-0.2, -0.15) is 0 Å². The fraction of sp³-hybridized carbons (Fsp3) is 0. The molecule has 1 heterocycles. The van der Waals surface area contributed by atoms with Gasteiger partial charge in [0.05, 0.1) is 13.4 Å². The fourth-order valence-electron chi connectivity index (χ4n) is 3.25. The second kappa shape index (κ2) is 9.17. The van der Waals surface area contributed by atoms with Crippen molar-refractivity contribution in [3.63, 3.8) is 0 Å². The molecular weight excluding hydrogens is 624 g/mol. The molecule has 3 N–H and O–H groups in total. The first-order chi connectivity index (χ1) is 15.7. The lowest BCUT2D eigenvalue weighted by Gasteiger charge is -2.10. The molecule has 6 nitrogen and oxygen atoms in total. The second-order valence-electron chi connectivity index (χ2n) is 7.02. The smallest absolute Gasteiger partial charge is 0.348 e. The van der Waals surface area contributed by atoms with Crippen molar-refractivity contribution in [2.24, 2.45) is 0 Å². The second-order valence-corrected chi connectivity index (χ2v) is 9.59. The van der Waals surface area contributed by atoms with Crippen molar-refractivity contribution in [3.05, 3.63) is 96.0 Å². The molecule has 0 fully saturated rings. The third-order valence-corrected chi connectivity index (χ3v) is 6.68. The summed E-state index contributed by atoms with van der Waals surface area (Å²) in [5.74, 6) is -1.28. The van der Waals surface area contributed by atoms with Gasteiger partial charge in [-0.15, -0.1) is 0 Å². The number of phenols is 3. The number of hydrogen-bond acceptors (Lipinski definition) is 6. The van der Waals surface area contributed by atoms with Crippen LogP contribution in [0.2, 0.25) is 0 Å². The van der Waals surface area contributed by atoms with Crippen molar-refractivity contribution in [1.29, 1.82) is 0 Å². The molecule has 1 aliphatic heterocycles. The van der Waals surface area contributed by atoms with Crippen LogP contribution >= 0.6 is 47.8 Å². The first-order valence-corrected chi connectivity index (χ1v) is 11.7. The number of carbonyl (C=O) groups is 2. The average molecular weight is 637 g/mol. The van der Waals surface area contributed by atoms with E-state index in [0.29, 0.717) is 24.5 Å². The summed E-state index contributed by atoms with van der Waals surface area (Å²) in [6.45, 7) is 0. The number of cyclic esters (lactones) is 1. The quantitative estimate of drug-likeness (QED) is 0.176. The van der Waals surface area contributed by atoms with Crippen LogP contribution in [0.25, 0.3) is 11.6 Å². The van der Waals surface area contributed by atoms with Crippen molar-refractivity contribution in [2.75, 3.05) is 0 Å². The zero-order chi connectivity index (χ0) is 23.9. The molecule has 9 heteroatoms. The largest absolute Gasteiger partial charge is 0.508 e. The Bertz CT molecular complexity index is 1350. The van der Waals surface area contributed by atoms with Crippen LogP contribution in [0.15, 0.2) is 79.3 Å². The van der Waals surface area contributed by atoms with E-state index in [4.69, 9.17) is 4.74 Å². The number of halogens is 3. The van der Waals surface area contributed by atoms with Crippen molar-refractivity contribution in [3.8, 4) is 17.2 Å².